The SMILES string of the molecule is OC(c1ccc(I)cc1)c1ccc(F)c(C(F)(F)F)c1. The lowest BCUT2D eigenvalue weighted by atomic mass is 9.99. The van der Waals surface area contributed by atoms with Gasteiger partial charge in [0.2, 0.25) is 0 Å². The number of benzene rings is 2. The van der Waals surface area contributed by atoms with Crippen LogP contribution in [0, 0.1) is 9.39 Å². The minimum absolute atomic E-state index is 0.0000619. The van der Waals surface area contributed by atoms with Gasteiger partial charge >= 0.3 is 6.18 Å². The van der Waals surface area contributed by atoms with Crippen LogP contribution in [-0.2, 0) is 6.18 Å². The van der Waals surface area contributed by atoms with Crippen LogP contribution in [0.3, 0.4) is 0 Å². The lowest BCUT2D eigenvalue weighted by Crippen LogP contribution is -2.10. The second kappa shape index (κ2) is 5.69. The highest BCUT2D eigenvalue weighted by Gasteiger charge is 2.34. The first-order chi connectivity index (χ1) is 9.29. The molecule has 2 aromatic carbocycles. The van der Waals surface area contributed by atoms with E-state index >= 15 is 0 Å². The molecular weight excluding hydrogens is 387 g/mol. The normalized spacial score (nSPS) is 13.3. The molecule has 106 valence electrons. The van der Waals surface area contributed by atoms with Crippen LogP contribution in [-0.4, -0.2) is 5.11 Å². The van der Waals surface area contributed by atoms with Gasteiger partial charge in [0.15, 0.2) is 0 Å². The summed E-state index contributed by atoms with van der Waals surface area (Å²) in [4.78, 5) is 0. The van der Waals surface area contributed by atoms with E-state index in [4.69, 9.17) is 0 Å². The molecule has 0 saturated heterocycles. The van der Waals surface area contributed by atoms with E-state index in [9.17, 15) is 22.7 Å². The highest BCUT2D eigenvalue weighted by Crippen LogP contribution is 2.34. The highest BCUT2D eigenvalue weighted by atomic mass is 127. The minimum Gasteiger partial charge on any atom is -0.384 e. The second-order valence-corrected chi connectivity index (χ2v) is 5.44. The molecule has 1 atom stereocenters. The van der Waals surface area contributed by atoms with Crippen LogP contribution in [0.5, 0.6) is 0 Å². The van der Waals surface area contributed by atoms with Crippen molar-refractivity contribution in [2.75, 3.05) is 0 Å². The summed E-state index contributed by atoms with van der Waals surface area (Å²) < 4.78 is 52.0. The van der Waals surface area contributed by atoms with Crippen molar-refractivity contribution in [3.05, 3.63) is 68.5 Å². The first-order valence-electron chi connectivity index (χ1n) is 5.59. The van der Waals surface area contributed by atoms with Gasteiger partial charge in [-0.3, -0.25) is 0 Å². The maximum atomic E-state index is 13.2. The van der Waals surface area contributed by atoms with E-state index in [2.05, 4.69) is 22.6 Å². The molecule has 2 rings (SSSR count). The van der Waals surface area contributed by atoms with Gasteiger partial charge in [-0.05, 0) is 58.0 Å². The van der Waals surface area contributed by atoms with E-state index in [1.165, 1.54) is 0 Å². The third kappa shape index (κ3) is 3.29. The predicted octanol–water partition coefficient (Wildman–Crippen LogP) is 4.53. The summed E-state index contributed by atoms with van der Waals surface area (Å²) in [5, 5.41) is 10.1. The first-order valence-corrected chi connectivity index (χ1v) is 6.67. The summed E-state index contributed by atoms with van der Waals surface area (Å²) in [5.41, 5.74) is -0.926. The number of aliphatic hydroxyl groups excluding tert-OH is 1. The fraction of sp³-hybridized carbons (Fsp3) is 0.143. The number of rotatable bonds is 2. The third-order valence-corrected chi connectivity index (χ3v) is 3.52. The molecular formula is C14H9F4IO. The Hall–Kier alpha value is -1.15. The maximum Gasteiger partial charge on any atom is 0.419 e. The van der Waals surface area contributed by atoms with Gasteiger partial charge in [-0.2, -0.15) is 13.2 Å². The fourth-order valence-corrected chi connectivity index (χ4v) is 2.13. The Morgan fingerprint density at radius 1 is 0.950 bits per heavy atom. The third-order valence-electron chi connectivity index (χ3n) is 2.80. The Morgan fingerprint density at radius 3 is 2.05 bits per heavy atom. The van der Waals surface area contributed by atoms with E-state index < -0.39 is 23.7 Å². The van der Waals surface area contributed by atoms with Gasteiger partial charge in [0.1, 0.15) is 11.9 Å². The number of hydrogen-bond donors (Lipinski definition) is 1. The summed E-state index contributed by atoms with van der Waals surface area (Å²) in [5.74, 6) is -1.35. The monoisotopic (exact) mass is 396 g/mol. The van der Waals surface area contributed by atoms with E-state index in [1.807, 2.05) is 0 Å². The van der Waals surface area contributed by atoms with Crippen LogP contribution in [0.4, 0.5) is 17.6 Å². The number of halogens is 5. The molecule has 1 N–H and O–H groups in total. The number of alkyl halides is 3. The van der Waals surface area contributed by atoms with Crippen LogP contribution < -0.4 is 0 Å². The Kier molecular flexibility index (Phi) is 4.33. The Morgan fingerprint density at radius 2 is 1.50 bits per heavy atom. The van der Waals surface area contributed by atoms with Crippen molar-refractivity contribution in [1.82, 2.24) is 0 Å². The van der Waals surface area contributed by atoms with Crippen molar-refractivity contribution >= 4 is 22.6 Å². The van der Waals surface area contributed by atoms with Gasteiger partial charge in [-0.15, -0.1) is 0 Å². The van der Waals surface area contributed by atoms with Gasteiger partial charge < -0.3 is 5.11 Å². The molecule has 20 heavy (non-hydrogen) atoms. The van der Waals surface area contributed by atoms with Crippen molar-refractivity contribution in [2.45, 2.75) is 12.3 Å². The lowest BCUT2D eigenvalue weighted by molar-refractivity contribution is -0.140. The molecule has 0 saturated carbocycles. The summed E-state index contributed by atoms with van der Waals surface area (Å²) in [6.45, 7) is 0. The van der Waals surface area contributed by atoms with Crippen LogP contribution in [0.25, 0.3) is 0 Å². The Labute approximate surface area is 126 Å². The molecule has 0 aliphatic rings. The number of aliphatic hydroxyl groups is 1. The van der Waals surface area contributed by atoms with Crippen LogP contribution in [0.15, 0.2) is 42.5 Å². The van der Waals surface area contributed by atoms with Crippen molar-refractivity contribution in [3.63, 3.8) is 0 Å². The molecule has 0 bridgehead atoms. The Bertz CT molecular complexity index is 608. The lowest BCUT2D eigenvalue weighted by Gasteiger charge is -2.15. The zero-order chi connectivity index (χ0) is 14.9. The summed E-state index contributed by atoms with van der Waals surface area (Å²) in [6, 6.07) is 9.19. The standard InChI is InChI=1S/C14H9F4IO/c15-12-6-3-9(7-11(12)14(16,17)18)13(20)8-1-4-10(19)5-2-8/h1-7,13,20H. The van der Waals surface area contributed by atoms with Crippen LogP contribution in [0.2, 0.25) is 0 Å². The quantitative estimate of drug-likeness (QED) is 0.585. The molecule has 2 aromatic rings. The molecule has 1 nitrogen and oxygen atoms in total. The molecule has 0 aliphatic carbocycles. The van der Waals surface area contributed by atoms with E-state index in [1.54, 1.807) is 24.3 Å². The van der Waals surface area contributed by atoms with E-state index in [0.29, 0.717) is 17.7 Å². The molecule has 0 fully saturated rings. The smallest absolute Gasteiger partial charge is 0.384 e. The summed E-state index contributed by atoms with van der Waals surface area (Å²) in [7, 11) is 0. The second-order valence-electron chi connectivity index (χ2n) is 4.19. The van der Waals surface area contributed by atoms with Gasteiger partial charge in [0.25, 0.3) is 0 Å². The van der Waals surface area contributed by atoms with Gasteiger partial charge in [-0.1, -0.05) is 18.2 Å². The zero-order valence-corrected chi connectivity index (χ0v) is 12.1. The molecule has 6 heteroatoms. The summed E-state index contributed by atoms with van der Waals surface area (Å²) >= 11 is 2.07. The molecule has 0 heterocycles. The summed E-state index contributed by atoms with van der Waals surface area (Å²) in [6.07, 6.45) is -6.01. The average molecular weight is 396 g/mol. The van der Waals surface area contributed by atoms with Gasteiger partial charge in [0, 0.05) is 3.57 Å². The molecule has 0 aliphatic heterocycles. The maximum absolute atomic E-state index is 13.2. The van der Waals surface area contributed by atoms with Gasteiger partial charge in [0.05, 0.1) is 5.56 Å². The zero-order valence-electron chi connectivity index (χ0n) is 9.96. The fourth-order valence-electron chi connectivity index (χ4n) is 1.77. The van der Waals surface area contributed by atoms with E-state index in [0.717, 1.165) is 9.64 Å². The van der Waals surface area contributed by atoms with Crippen LogP contribution in [0.1, 0.15) is 22.8 Å². The van der Waals surface area contributed by atoms with Gasteiger partial charge in [-0.25, -0.2) is 4.39 Å². The van der Waals surface area contributed by atoms with Crippen molar-refractivity contribution in [3.8, 4) is 0 Å². The minimum atomic E-state index is -4.79. The largest absolute Gasteiger partial charge is 0.419 e. The average Bonchev–Trinajstić information content (AvgIpc) is 2.38. The number of hydrogen-bond acceptors (Lipinski definition) is 1. The van der Waals surface area contributed by atoms with Crippen LogP contribution >= 0.6 is 22.6 Å². The predicted molar refractivity (Wildman–Crippen MR) is 74.6 cm³/mol. The molecule has 0 spiro atoms. The first kappa shape index (κ1) is 15.2. The van der Waals surface area contributed by atoms with Crippen molar-refractivity contribution < 1.29 is 22.7 Å². The molecule has 0 aromatic heterocycles. The molecule has 0 amide bonds. The van der Waals surface area contributed by atoms with Crippen molar-refractivity contribution in [1.29, 1.82) is 0 Å². The highest BCUT2D eigenvalue weighted by molar-refractivity contribution is 14.1. The Balaban J connectivity index is 2.40. The van der Waals surface area contributed by atoms with Crippen molar-refractivity contribution in [2.24, 2.45) is 0 Å². The topological polar surface area (TPSA) is 20.2 Å². The van der Waals surface area contributed by atoms with E-state index in [-0.39, 0.29) is 5.56 Å². The molecule has 1 unspecified atom stereocenters. The molecule has 0 radical (unpaired) electrons.